The molecule has 0 aliphatic rings. The van der Waals surface area contributed by atoms with Crippen LogP contribution in [0.3, 0.4) is 0 Å². The molecule has 0 aromatic carbocycles. The summed E-state index contributed by atoms with van der Waals surface area (Å²) in [5, 5.41) is 4.42. The monoisotopic (exact) mass is 211 g/mol. The van der Waals surface area contributed by atoms with Gasteiger partial charge in [-0.25, -0.2) is 14.5 Å². The van der Waals surface area contributed by atoms with Gasteiger partial charge in [0.15, 0.2) is 5.65 Å². The number of anilines is 1. The average Bonchev–Trinajstić information content (AvgIpc) is 2.75. The quantitative estimate of drug-likeness (QED) is 0.660. The fourth-order valence-electron chi connectivity index (χ4n) is 1.58. The fraction of sp³-hybridized carbons (Fsp3) is 0. The molecule has 5 heteroatoms. The van der Waals surface area contributed by atoms with Crippen LogP contribution < -0.4 is 5.73 Å². The summed E-state index contributed by atoms with van der Waals surface area (Å²) in [5.74, 6) is 0.491. The van der Waals surface area contributed by atoms with Crippen molar-refractivity contribution in [2.24, 2.45) is 0 Å². The van der Waals surface area contributed by atoms with Gasteiger partial charge in [-0.15, -0.1) is 0 Å². The third-order valence-electron chi connectivity index (χ3n) is 2.33. The molecular formula is C11H9N5. The van der Waals surface area contributed by atoms with Crippen LogP contribution in [-0.2, 0) is 0 Å². The number of aromatic nitrogens is 4. The highest BCUT2D eigenvalue weighted by Crippen LogP contribution is 2.17. The zero-order valence-corrected chi connectivity index (χ0v) is 8.41. The van der Waals surface area contributed by atoms with Gasteiger partial charge in [-0.05, 0) is 24.3 Å². The van der Waals surface area contributed by atoms with E-state index in [9.17, 15) is 0 Å². The van der Waals surface area contributed by atoms with Crippen molar-refractivity contribution in [1.82, 2.24) is 19.6 Å². The zero-order chi connectivity index (χ0) is 11.0. The number of nitrogen functional groups attached to an aromatic ring is 1. The second-order valence-corrected chi connectivity index (χ2v) is 3.42. The Kier molecular flexibility index (Phi) is 1.83. The lowest BCUT2D eigenvalue weighted by Crippen LogP contribution is -1.95. The lowest BCUT2D eigenvalue weighted by molar-refractivity contribution is 0.942. The Hall–Kier alpha value is -2.43. The van der Waals surface area contributed by atoms with E-state index in [4.69, 9.17) is 5.73 Å². The second-order valence-electron chi connectivity index (χ2n) is 3.42. The molecule has 78 valence electrons. The van der Waals surface area contributed by atoms with Gasteiger partial charge in [0.2, 0.25) is 0 Å². The maximum absolute atomic E-state index is 5.63. The predicted octanol–water partition coefficient (Wildman–Crippen LogP) is 1.37. The Bertz CT molecular complexity index is 643. The lowest BCUT2D eigenvalue weighted by atomic mass is 10.2. The summed E-state index contributed by atoms with van der Waals surface area (Å²) in [7, 11) is 0. The van der Waals surface area contributed by atoms with Crippen LogP contribution >= 0.6 is 0 Å². The van der Waals surface area contributed by atoms with Crippen molar-refractivity contribution in [1.29, 1.82) is 0 Å². The molecule has 5 nitrogen and oxygen atoms in total. The van der Waals surface area contributed by atoms with E-state index in [0.29, 0.717) is 5.82 Å². The van der Waals surface area contributed by atoms with Crippen molar-refractivity contribution in [2.45, 2.75) is 0 Å². The molecular weight excluding hydrogens is 202 g/mol. The van der Waals surface area contributed by atoms with Gasteiger partial charge in [-0.2, -0.15) is 5.10 Å². The standard InChI is InChI=1S/C11H9N5/c12-10-7-8(3-4-13-10)9-1-2-11-14-5-6-16(11)15-9/h1-7H,(H2,12,13). The molecule has 16 heavy (non-hydrogen) atoms. The molecule has 2 N–H and O–H groups in total. The summed E-state index contributed by atoms with van der Waals surface area (Å²) >= 11 is 0. The minimum absolute atomic E-state index is 0.491. The maximum atomic E-state index is 5.63. The molecule has 0 radical (unpaired) electrons. The third kappa shape index (κ3) is 1.38. The largest absolute Gasteiger partial charge is 0.384 e. The number of fused-ring (bicyclic) bond motifs is 1. The minimum Gasteiger partial charge on any atom is -0.384 e. The lowest BCUT2D eigenvalue weighted by Gasteiger charge is -2.01. The van der Waals surface area contributed by atoms with Crippen LogP contribution in [0.1, 0.15) is 0 Å². The SMILES string of the molecule is Nc1cc(-c2ccc3nccn3n2)ccn1. The number of rotatable bonds is 1. The van der Waals surface area contributed by atoms with Crippen LogP contribution in [0, 0.1) is 0 Å². The summed E-state index contributed by atoms with van der Waals surface area (Å²) in [6, 6.07) is 7.50. The van der Waals surface area contributed by atoms with E-state index in [1.165, 1.54) is 0 Å². The van der Waals surface area contributed by atoms with Gasteiger partial charge in [-0.3, -0.25) is 0 Å². The van der Waals surface area contributed by atoms with Crippen LogP contribution in [0.15, 0.2) is 42.9 Å². The Labute approximate surface area is 91.6 Å². The highest BCUT2D eigenvalue weighted by molar-refractivity contribution is 5.62. The molecule has 0 aliphatic heterocycles. The van der Waals surface area contributed by atoms with Crippen LogP contribution in [0.2, 0.25) is 0 Å². The van der Waals surface area contributed by atoms with E-state index in [1.807, 2.05) is 24.4 Å². The second kappa shape index (κ2) is 3.30. The van der Waals surface area contributed by atoms with E-state index < -0.39 is 0 Å². The smallest absolute Gasteiger partial charge is 0.153 e. The topological polar surface area (TPSA) is 69.1 Å². The van der Waals surface area contributed by atoms with Crippen molar-refractivity contribution < 1.29 is 0 Å². The Morgan fingerprint density at radius 3 is 2.88 bits per heavy atom. The number of hydrogen-bond donors (Lipinski definition) is 1. The first-order valence-corrected chi connectivity index (χ1v) is 4.85. The van der Waals surface area contributed by atoms with E-state index in [-0.39, 0.29) is 0 Å². The van der Waals surface area contributed by atoms with E-state index in [0.717, 1.165) is 16.9 Å². The summed E-state index contributed by atoms with van der Waals surface area (Å²) in [6.45, 7) is 0. The molecule has 3 aromatic heterocycles. The molecule has 0 aliphatic carbocycles. The minimum atomic E-state index is 0.491. The number of hydrogen-bond acceptors (Lipinski definition) is 4. The zero-order valence-electron chi connectivity index (χ0n) is 8.41. The highest BCUT2D eigenvalue weighted by atomic mass is 15.2. The normalized spacial score (nSPS) is 10.8. The summed E-state index contributed by atoms with van der Waals surface area (Å²) in [4.78, 5) is 8.08. The molecule has 0 saturated heterocycles. The van der Waals surface area contributed by atoms with Crippen molar-refractivity contribution >= 4 is 11.5 Å². The van der Waals surface area contributed by atoms with Crippen molar-refractivity contribution in [3.05, 3.63) is 42.9 Å². The highest BCUT2D eigenvalue weighted by Gasteiger charge is 2.02. The molecule has 3 rings (SSSR count). The number of nitrogens with two attached hydrogens (primary N) is 1. The van der Waals surface area contributed by atoms with E-state index in [2.05, 4.69) is 15.1 Å². The number of nitrogens with zero attached hydrogens (tertiary/aromatic N) is 4. The molecule has 0 unspecified atom stereocenters. The van der Waals surface area contributed by atoms with Crippen molar-refractivity contribution in [2.75, 3.05) is 5.73 Å². The van der Waals surface area contributed by atoms with Crippen LogP contribution in [-0.4, -0.2) is 19.6 Å². The van der Waals surface area contributed by atoms with Gasteiger partial charge in [0, 0.05) is 24.2 Å². The first kappa shape index (κ1) is 8.84. The molecule has 0 bridgehead atoms. The number of imidazole rings is 1. The van der Waals surface area contributed by atoms with Gasteiger partial charge in [0.05, 0.1) is 5.69 Å². The van der Waals surface area contributed by atoms with E-state index >= 15 is 0 Å². The molecule has 0 spiro atoms. The average molecular weight is 211 g/mol. The maximum Gasteiger partial charge on any atom is 0.153 e. The first-order valence-electron chi connectivity index (χ1n) is 4.85. The summed E-state index contributed by atoms with van der Waals surface area (Å²) in [5.41, 5.74) is 8.25. The Morgan fingerprint density at radius 2 is 2.00 bits per heavy atom. The van der Waals surface area contributed by atoms with Gasteiger partial charge < -0.3 is 5.73 Å². The van der Waals surface area contributed by atoms with E-state index in [1.54, 1.807) is 23.0 Å². The third-order valence-corrected chi connectivity index (χ3v) is 2.33. The van der Waals surface area contributed by atoms with Gasteiger partial charge in [0.1, 0.15) is 5.82 Å². The predicted molar refractivity (Wildman–Crippen MR) is 60.6 cm³/mol. The summed E-state index contributed by atoms with van der Waals surface area (Å²) in [6.07, 6.45) is 5.20. The molecule has 3 aromatic rings. The van der Waals surface area contributed by atoms with Crippen LogP contribution in [0.4, 0.5) is 5.82 Å². The first-order chi connectivity index (χ1) is 7.83. The molecule has 0 amide bonds. The Balaban J connectivity index is 2.18. The molecule has 3 heterocycles. The van der Waals surface area contributed by atoms with Gasteiger partial charge in [0.25, 0.3) is 0 Å². The molecule has 0 atom stereocenters. The van der Waals surface area contributed by atoms with Gasteiger partial charge in [-0.1, -0.05) is 0 Å². The summed E-state index contributed by atoms with van der Waals surface area (Å²) < 4.78 is 1.73. The molecule has 0 fully saturated rings. The molecule has 0 saturated carbocycles. The Morgan fingerprint density at radius 1 is 1.06 bits per heavy atom. The van der Waals surface area contributed by atoms with Crippen LogP contribution in [0.25, 0.3) is 16.9 Å². The number of pyridine rings is 1. The van der Waals surface area contributed by atoms with Gasteiger partial charge >= 0.3 is 0 Å². The van der Waals surface area contributed by atoms with Crippen molar-refractivity contribution in [3.63, 3.8) is 0 Å². The van der Waals surface area contributed by atoms with Crippen molar-refractivity contribution in [3.8, 4) is 11.3 Å². The fourth-order valence-corrected chi connectivity index (χ4v) is 1.58. The van der Waals surface area contributed by atoms with Crippen LogP contribution in [0.5, 0.6) is 0 Å².